The van der Waals surface area contributed by atoms with Gasteiger partial charge in [-0.3, -0.25) is 4.79 Å². The van der Waals surface area contributed by atoms with Gasteiger partial charge in [-0.15, -0.1) is 0 Å². The molecule has 1 aromatic carbocycles. The number of nitrogens with zero attached hydrogens (tertiary/aromatic N) is 2. The van der Waals surface area contributed by atoms with Crippen molar-refractivity contribution in [1.29, 1.82) is 0 Å². The standard InChI is InChI=1S/C15H18N2O/c1-2-10-7-8-16-14(10)13-9-17(13)12-6-4-3-5-11(12)15(16)18/h3-6,10,13-14H,2,7-9H2,1H3/t10-,13+,14+,17?/m1/s1. The van der Waals surface area contributed by atoms with Crippen molar-refractivity contribution in [1.82, 2.24) is 4.90 Å². The Morgan fingerprint density at radius 2 is 2.11 bits per heavy atom. The molecule has 3 heterocycles. The second kappa shape index (κ2) is 3.50. The highest BCUT2D eigenvalue weighted by atomic mass is 16.2. The van der Waals surface area contributed by atoms with Crippen LogP contribution in [0.25, 0.3) is 0 Å². The van der Waals surface area contributed by atoms with Gasteiger partial charge in [-0.25, -0.2) is 0 Å². The molecular formula is C15H18N2O. The van der Waals surface area contributed by atoms with Gasteiger partial charge in [0.1, 0.15) is 0 Å². The molecule has 2 saturated heterocycles. The zero-order valence-corrected chi connectivity index (χ0v) is 10.7. The summed E-state index contributed by atoms with van der Waals surface area (Å²) in [5.74, 6) is 0.942. The Bertz CT molecular complexity index is 513. The molecule has 0 spiro atoms. The fourth-order valence-corrected chi connectivity index (χ4v) is 3.87. The van der Waals surface area contributed by atoms with Crippen LogP contribution in [0.5, 0.6) is 0 Å². The Balaban J connectivity index is 1.81. The monoisotopic (exact) mass is 242 g/mol. The van der Waals surface area contributed by atoms with Crippen molar-refractivity contribution in [3.63, 3.8) is 0 Å². The Labute approximate surface area is 107 Å². The van der Waals surface area contributed by atoms with Crippen LogP contribution in [0.3, 0.4) is 0 Å². The van der Waals surface area contributed by atoms with Crippen molar-refractivity contribution >= 4 is 11.6 Å². The first-order valence-electron chi connectivity index (χ1n) is 6.98. The van der Waals surface area contributed by atoms with E-state index in [1.54, 1.807) is 0 Å². The van der Waals surface area contributed by atoms with Gasteiger partial charge in [0, 0.05) is 18.8 Å². The zero-order chi connectivity index (χ0) is 12.3. The molecule has 3 nitrogen and oxygen atoms in total. The molecule has 2 fully saturated rings. The fourth-order valence-electron chi connectivity index (χ4n) is 3.87. The summed E-state index contributed by atoms with van der Waals surface area (Å²) >= 11 is 0. The van der Waals surface area contributed by atoms with Gasteiger partial charge in [0.25, 0.3) is 5.91 Å². The third kappa shape index (κ3) is 1.22. The highest BCUT2D eigenvalue weighted by Crippen LogP contribution is 2.44. The Kier molecular flexibility index (Phi) is 2.02. The number of amides is 1. The van der Waals surface area contributed by atoms with E-state index in [4.69, 9.17) is 0 Å². The molecule has 3 aliphatic heterocycles. The lowest BCUT2D eigenvalue weighted by Gasteiger charge is -2.25. The minimum absolute atomic E-state index is 0.249. The number of carbonyl (C=O) groups excluding carboxylic acids is 1. The Hall–Kier alpha value is -1.51. The van der Waals surface area contributed by atoms with Crippen LogP contribution < -0.4 is 4.90 Å². The fraction of sp³-hybridized carbons (Fsp3) is 0.533. The number of rotatable bonds is 1. The predicted molar refractivity (Wildman–Crippen MR) is 70.8 cm³/mol. The highest BCUT2D eigenvalue weighted by molar-refractivity contribution is 6.01. The first-order valence-corrected chi connectivity index (χ1v) is 6.98. The van der Waals surface area contributed by atoms with Crippen molar-refractivity contribution in [3.05, 3.63) is 29.8 Å². The lowest BCUT2D eigenvalue weighted by atomic mass is 9.95. The molecule has 1 aromatic rings. The van der Waals surface area contributed by atoms with E-state index in [1.807, 2.05) is 18.2 Å². The van der Waals surface area contributed by atoms with Gasteiger partial charge in [0.15, 0.2) is 0 Å². The summed E-state index contributed by atoms with van der Waals surface area (Å²) in [6, 6.07) is 9.11. The number of hydrogen-bond acceptors (Lipinski definition) is 2. The maximum atomic E-state index is 12.6. The lowest BCUT2D eigenvalue weighted by molar-refractivity contribution is 0.0724. The quantitative estimate of drug-likeness (QED) is 0.704. The summed E-state index contributed by atoms with van der Waals surface area (Å²) in [6.07, 6.45) is 2.37. The zero-order valence-electron chi connectivity index (χ0n) is 10.7. The average molecular weight is 242 g/mol. The van der Waals surface area contributed by atoms with E-state index in [1.165, 1.54) is 12.8 Å². The number of fused-ring (bicyclic) bond motifs is 5. The molecule has 0 unspecified atom stereocenters. The van der Waals surface area contributed by atoms with Gasteiger partial charge in [0.2, 0.25) is 0 Å². The molecule has 3 atom stereocenters. The molecule has 0 N–H and O–H groups in total. The molecule has 0 bridgehead atoms. The van der Waals surface area contributed by atoms with Crippen molar-refractivity contribution in [2.75, 3.05) is 18.0 Å². The summed E-state index contributed by atoms with van der Waals surface area (Å²) in [4.78, 5) is 17.2. The van der Waals surface area contributed by atoms with Crippen molar-refractivity contribution in [3.8, 4) is 0 Å². The lowest BCUT2D eigenvalue weighted by Crippen LogP contribution is -2.41. The Morgan fingerprint density at radius 3 is 2.94 bits per heavy atom. The normalized spacial score (nSPS) is 32.7. The van der Waals surface area contributed by atoms with Crippen LogP contribution in [-0.4, -0.2) is 36.0 Å². The van der Waals surface area contributed by atoms with Gasteiger partial charge in [-0.2, -0.15) is 0 Å². The largest absolute Gasteiger partial charge is 0.362 e. The van der Waals surface area contributed by atoms with E-state index in [0.717, 1.165) is 24.3 Å². The summed E-state index contributed by atoms with van der Waals surface area (Å²) in [6.45, 7) is 4.33. The molecule has 0 radical (unpaired) electrons. The molecule has 1 amide bonds. The van der Waals surface area contributed by atoms with E-state index in [9.17, 15) is 4.79 Å². The minimum Gasteiger partial charge on any atom is -0.362 e. The minimum atomic E-state index is 0.249. The molecule has 18 heavy (non-hydrogen) atoms. The van der Waals surface area contributed by atoms with Gasteiger partial charge < -0.3 is 9.80 Å². The van der Waals surface area contributed by atoms with E-state index in [-0.39, 0.29) is 5.91 Å². The molecular weight excluding hydrogens is 224 g/mol. The van der Waals surface area contributed by atoms with E-state index >= 15 is 0 Å². The maximum absolute atomic E-state index is 12.6. The summed E-state index contributed by atoms with van der Waals surface area (Å²) in [7, 11) is 0. The van der Waals surface area contributed by atoms with Crippen LogP contribution >= 0.6 is 0 Å². The number of carbonyl (C=O) groups is 1. The molecule has 94 valence electrons. The maximum Gasteiger partial charge on any atom is 0.256 e. The van der Waals surface area contributed by atoms with Crippen LogP contribution in [0.2, 0.25) is 0 Å². The van der Waals surface area contributed by atoms with E-state index in [2.05, 4.69) is 22.8 Å². The van der Waals surface area contributed by atoms with Crippen LogP contribution in [0.4, 0.5) is 5.69 Å². The number of benzene rings is 1. The second-order valence-electron chi connectivity index (χ2n) is 5.68. The molecule has 0 saturated carbocycles. The van der Waals surface area contributed by atoms with Crippen molar-refractivity contribution in [2.45, 2.75) is 31.8 Å². The summed E-state index contributed by atoms with van der Waals surface area (Å²) in [5.41, 5.74) is 2.05. The van der Waals surface area contributed by atoms with Gasteiger partial charge >= 0.3 is 0 Å². The van der Waals surface area contributed by atoms with Crippen molar-refractivity contribution in [2.24, 2.45) is 5.92 Å². The smallest absolute Gasteiger partial charge is 0.256 e. The molecule has 0 aliphatic carbocycles. The molecule has 3 heteroatoms. The van der Waals surface area contributed by atoms with Gasteiger partial charge in [-0.05, 0) is 24.5 Å². The first-order chi connectivity index (χ1) is 8.81. The van der Waals surface area contributed by atoms with Crippen LogP contribution in [0, 0.1) is 5.92 Å². The van der Waals surface area contributed by atoms with E-state index < -0.39 is 0 Å². The number of para-hydroxylation sites is 1. The third-order valence-corrected chi connectivity index (χ3v) is 4.86. The Morgan fingerprint density at radius 1 is 1.28 bits per heavy atom. The van der Waals surface area contributed by atoms with Gasteiger partial charge in [-0.1, -0.05) is 25.5 Å². The van der Waals surface area contributed by atoms with Gasteiger partial charge in [0.05, 0.1) is 17.6 Å². The van der Waals surface area contributed by atoms with Crippen LogP contribution in [0.1, 0.15) is 30.1 Å². The summed E-state index contributed by atoms with van der Waals surface area (Å²) < 4.78 is 0. The number of hydrogen-bond donors (Lipinski definition) is 0. The van der Waals surface area contributed by atoms with Crippen molar-refractivity contribution < 1.29 is 4.79 Å². The SMILES string of the molecule is CC[C@@H]1CCN2C(=O)c3ccccc3N3C[C@H]3[C@H]12. The molecule has 0 aromatic heterocycles. The van der Waals surface area contributed by atoms with E-state index in [0.29, 0.717) is 18.0 Å². The van der Waals surface area contributed by atoms with Crippen LogP contribution in [-0.2, 0) is 0 Å². The number of anilines is 1. The summed E-state index contributed by atoms with van der Waals surface area (Å²) in [5, 5.41) is 0. The second-order valence-corrected chi connectivity index (χ2v) is 5.68. The topological polar surface area (TPSA) is 23.3 Å². The third-order valence-electron chi connectivity index (χ3n) is 4.86. The predicted octanol–water partition coefficient (Wildman–Crippen LogP) is 2.13. The molecule has 4 rings (SSSR count). The first kappa shape index (κ1) is 10.4. The molecule has 3 aliphatic rings. The highest BCUT2D eigenvalue weighted by Gasteiger charge is 2.53. The van der Waals surface area contributed by atoms with Crippen LogP contribution in [0.15, 0.2) is 24.3 Å². The average Bonchev–Trinajstić information content (AvgIpc) is 3.09.